The van der Waals surface area contributed by atoms with Gasteiger partial charge in [0.1, 0.15) is 18.1 Å². The molecule has 3 aromatic rings. The molecule has 1 N–H and O–H groups in total. The molecule has 41 heavy (non-hydrogen) atoms. The molecule has 2 aliphatic rings. The lowest BCUT2D eigenvalue weighted by Crippen LogP contribution is -2.42. The highest BCUT2D eigenvalue weighted by atomic mass is 16.6. The number of aryl methyl sites for hydroxylation is 1. The van der Waals surface area contributed by atoms with Gasteiger partial charge in [-0.05, 0) is 47.9 Å². The average molecular weight is 558 g/mol. The van der Waals surface area contributed by atoms with Crippen molar-refractivity contribution >= 4 is 23.1 Å². The number of non-ortho nitro benzene ring substituents is 1. The van der Waals surface area contributed by atoms with Crippen LogP contribution in [-0.2, 0) is 20.9 Å². The van der Waals surface area contributed by atoms with E-state index >= 15 is 0 Å². The average Bonchev–Trinajstić information content (AvgIpc) is 3.25. The largest absolute Gasteiger partial charge is 0.507 e. The normalized spacial score (nSPS) is 19.0. The second-order valence-electron chi connectivity index (χ2n) is 10.0. The van der Waals surface area contributed by atoms with Crippen LogP contribution in [0.25, 0.3) is 5.76 Å². The molecule has 2 heterocycles. The van der Waals surface area contributed by atoms with Crippen LogP contribution >= 0.6 is 0 Å². The maximum atomic E-state index is 13.3. The molecule has 2 fully saturated rings. The van der Waals surface area contributed by atoms with E-state index in [2.05, 4.69) is 4.90 Å². The van der Waals surface area contributed by atoms with Gasteiger partial charge >= 0.3 is 0 Å². The van der Waals surface area contributed by atoms with Crippen molar-refractivity contribution in [3.8, 4) is 5.75 Å². The number of nitrogens with zero attached hydrogens (tertiary/aromatic N) is 3. The van der Waals surface area contributed by atoms with E-state index in [4.69, 9.17) is 9.47 Å². The number of nitro benzene ring substituents is 1. The third-order valence-corrected chi connectivity index (χ3v) is 7.48. The first-order chi connectivity index (χ1) is 19.8. The molecule has 2 saturated heterocycles. The Hall–Kier alpha value is -4.54. The monoisotopic (exact) mass is 557 g/mol. The van der Waals surface area contributed by atoms with Gasteiger partial charge < -0.3 is 19.5 Å². The van der Waals surface area contributed by atoms with Gasteiger partial charge in [0.2, 0.25) is 0 Å². The van der Waals surface area contributed by atoms with Gasteiger partial charge in [0.25, 0.3) is 17.4 Å². The predicted octanol–water partition coefficient (Wildman–Crippen LogP) is 4.24. The summed E-state index contributed by atoms with van der Waals surface area (Å²) in [5, 5.41) is 22.9. The minimum atomic E-state index is -0.979. The molecule has 1 amide bonds. The Morgan fingerprint density at radius 3 is 2.46 bits per heavy atom. The van der Waals surface area contributed by atoms with E-state index in [1.807, 2.05) is 31.2 Å². The summed E-state index contributed by atoms with van der Waals surface area (Å²) in [6.45, 7) is 5.64. The zero-order valence-corrected chi connectivity index (χ0v) is 22.7. The fourth-order valence-corrected chi connectivity index (χ4v) is 5.14. The van der Waals surface area contributed by atoms with Gasteiger partial charge in [-0.25, -0.2) is 0 Å². The van der Waals surface area contributed by atoms with Gasteiger partial charge in [0, 0.05) is 43.9 Å². The molecule has 212 valence electrons. The molecule has 0 spiro atoms. The molecule has 1 unspecified atom stereocenters. The molecular formula is C31H31N3O7. The number of ether oxygens (including phenoxy) is 2. The van der Waals surface area contributed by atoms with Crippen LogP contribution in [-0.4, -0.2) is 70.9 Å². The molecule has 10 nitrogen and oxygen atoms in total. The number of aliphatic hydroxyl groups excluding tert-OH is 1. The van der Waals surface area contributed by atoms with Crippen LogP contribution in [0.2, 0.25) is 0 Å². The van der Waals surface area contributed by atoms with Crippen LogP contribution in [0.3, 0.4) is 0 Å². The molecule has 10 heteroatoms. The summed E-state index contributed by atoms with van der Waals surface area (Å²) < 4.78 is 11.3. The van der Waals surface area contributed by atoms with Gasteiger partial charge in [-0.1, -0.05) is 36.4 Å². The summed E-state index contributed by atoms with van der Waals surface area (Å²) in [5.41, 5.74) is 2.59. The number of Topliss-reactive ketones (excluding diaryl/α,β-unsaturated/α-hetero) is 1. The number of amides is 1. The van der Waals surface area contributed by atoms with Crippen molar-refractivity contribution in [3.05, 3.63) is 111 Å². The molecule has 0 aromatic heterocycles. The fraction of sp³-hybridized carbons (Fsp3) is 0.290. The zero-order chi connectivity index (χ0) is 28.9. The number of ketones is 1. The maximum absolute atomic E-state index is 13.3. The molecule has 0 aliphatic carbocycles. The Labute approximate surface area is 237 Å². The summed E-state index contributed by atoms with van der Waals surface area (Å²) in [6.07, 6.45) is 0. The van der Waals surface area contributed by atoms with E-state index in [9.17, 15) is 24.8 Å². The van der Waals surface area contributed by atoms with Crippen LogP contribution < -0.4 is 4.74 Å². The highest BCUT2D eigenvalue weighted by Gasteiger charge is 2.46. The Morgan fingerprint density at radius 2 is 1.76 bits per heavy atom. The van der Waals surface area contributed by atoms with Crippen molar-refractivity contribution < 1.29 is 29.1 Å². The van der Waals surface area contributed by atoms with Gasteiger partial charge in [-0.3, -0.25) is 24.6 Å². The van der Waals surface area contributed by atoms with Crippen molar-refractivity contribution in [1.82, 2.24) is 9.80 Å². The summed E-state index contributed by atoms with van der Waals surface area (Å²) >= 11 is 0. The number of likely N-dealkylation sites (tertiary alicyclic amines) is 1. The second kappa shape index (κ2) is 12.3. The highest BCUT2D eigenvalue weighted by molar-refractivity contribution is 6.46. The van der Waals surface area contributed by atoms with Gasteiger partial charge in [-0.2, -0.15) is 0 Å². The molecule has 2 aliphatic heterocycles. The highest BCUT2D eigenvalue weighted by Crippen LogP contribution is 2.40. The predicted molar refractivity (Wildman–Crippen MR) is 151 cm³/mol. The third kappa shape index (κ3) is 6.13. The number of nitro groups is 1. The Kier molecular flexibility index (Phi) is 8.42. The lowest BCUT2D eigenvalue weighted by molar-refractivity contribution is -0.384. The van der Waals surface area contributed by atoms with Crippen molar-refractivity contribution in [2.45, 2.75) is 19.6 Å². The number of morpholine rings is 1. The van der Waals surface area contributed by atoms with Gasteiger partial charge in [0.15, 0.2) is 0 Å². The van der Waals surface area contributed by atoms with Crippen LogP contribution in [0, 0.1) is 17.0 Å². The third-order valence-electron chi connectivity index (χ3n) is 7.48. The molecule has 5 rings (SSSR count). The Balaban J connectivity index is 1.45. The molecular weight excluding hydrogens is 526 g/mol. The van der Waals surface area contributed by atoms with Crippen LogP contribution in [0.4, 0.5) is 5.69 Å². The summed E-state index contributed by atoms with van der Waals surface area (Å²) in [6, 6.07) is 19.4. The summed E-state index contributed by atoms with van der Waals surface area (Å²) in [4.78, 5) is 41.1. The number of aliphatic hydroxyl groups is 1. The van der Waals surface area contributed by atoms with Crippen LogP contribution in [0.5, 0.6) is 5.75 Å². The zero-order valence-electron chi connectivity index (χ0n) is 22.7. The van der Waals surface area contributed by atoms with Crippen LogP contribution in [0.15, 0.2) is 78.4 Å². The SMILES string of the molecule is Cc1ccccc1COc1ccc(/C(O)=C2\C(=O)C(=O)N(CCN3CCOCC3)C2c2cccc([N+](=O)[O-])c2)cc1. The number of carbonyl (C=O) groups is 2. The smallest absolute Gasteiger partial charge is 0.295 e. The molecule has 1 atom stereocenters. The van der Waals surface area contributed by atoms with E-state index in [1.54, 1.807) is 30.3 Å². The minimum absolute atomic E-state index is 0.106. The summed E-state index contributed by atoms with van der Waals surface area (Å²) in [7, 11) is 0. The molecule has 0 bridgehead atoms. The van der Waals surface area contributed by atoms with Crippen molar-refractivity contribution in [1.29, 1.82) is 0 Å². The van der Waals surface area contributed by atoms with Crippen molar-refractivity contribution in [2.75, 3.05) is 39.4 Å². The van der Waals surface area contributed by atoms with Crippen LogP contribution in [0.1, 0.15) is 28.3 Å². The lowest BCUT2D eigenvalue weighted by Gasteiger charge is -2.31. The van der Waals surface area contributed by atoms with Crippen molar-refractivity contribution in [2.24, 2.45) is 0 Å². The van der Waals surface area contributed by atoms with E-state index in [-0.39, 0.29) is 23.6 Å². The Bertz CT molecular complexity index is 1480. The first kappa shape index (κ1) is 28.0. The minimum Gasteiger partial charge on any atom is -0.507 e. The lowest BCUT2D eigenvalue weighted by atomic mass is 9.95. The van der Waals surface area contributed by atoms with E-state index < -0.39 is 22.7 Å². The fourth-order valence-electron chi connectivity index (χ4n) is 5.14. The quantitative estimate of drug-likeness (QED) is 0.136. The van der Waals surface area contributed by atoms with Gasteiger partial charge in [0.05, 0.1) is 29.8 Å². The maximum Gasteiger partial charge on any atom is 0.295 e. The number of rotatable bonds is 9. The first-order valence-electron chi connectivity index (χ1n) is 13.4. The van der Waals surface area contributed by atoms with E-state index in [1.165, 1.54) is 23.1 Å². The number of hydrogen-bond donors (Lipinski definition) is 1. The van der Waals surface area contributed by atoms with E-state index in [0.29, 0.717) is 56.3 Å². The van der Waals surface area contributed by atoms with Crippen molar-refractivity contribution in [3.63, 3.8) is 0 Å². The summed E-state index contributed by atoms with van der Waals surface area (Å²) in [5.74, 6) is -1.36. The van der Waals surface area contributed by atoms with E-state index in [0.717, 1.165) is 11.1 Å². The number of carbonyl (C=O) groups excluding carboxylic acids is 2. The number of hydrogen-bond acceptors (Lipinski definition) is 8. The molecule has 3 aromatic carbocycles. The molecule has 0 saturated carbocycles. The van der Waals surface area contributed by atoms with Gasteiger partial charge in [-0.15, -0.1) is 0 Å². The number of benzene rings is 3. The second-order valence-corrected chi connectivity index (χ2v) is 10.0. The topological polar surface area (TPSA) is 122 Å². The standard InChI is InChI=1S/C31H31N3O7/c1-21-5-2-3-6-24(21)20-41-26-11-9-22(10-12-26)29(35)27-28(23-7-4-8-25(19-23)34(38)39)33(31(37)30(27)36)14-13-32-15-17-40-18-16-32/h2-12,19,28,35H,13-18,20H2,1H3/b29-27+. The molecule has 0 radical (unpaired) electrons. The Morgan fingerprint density at radius 1 is 1.02 bits per heavy atom. The first-order valence-corrected chi connectivity index (χ1v) is 13.4.